The molecule has 3 N–H and O–H groups in total. The number of carbonyl (C=O) groups is 1. The Bertz CT molecular complexity index is 1350. The van der Waals surface area contributed by atoms with Crippen LogP contribution in [0.1, 0.15) is 46.8 Å². The van der Waals surface area contributed by atoms with E-state index in [0.29, 0.717) is 17.3 Å². The van der Waals surface area contributed by atoms with Gasteiger partial charge in [-0.2, -0.15) is 4.98 Å². The molecule has 0 spiro atoms. The normalized spacial score (nSPS) is 14.4. The summed E-state index contributed by atoms with van der Waals surface area (Å²) < 4.78 is 5.85. The van der Waals surface area contributed by atoms with Crippen LogP contribution in [0.2, 0.25) is 0 Å². The van der Waals surface area contributed by atoms with Gasteiger partial charge in [0, 0.05) is 5.41 Å². The largest absolute Gasteiger partial charge is 0.478 e. The summed E-state index contributed by atoms with van der Waals surface area (Å²) in [6.45, 7) is 4.07. The van der Waals surface area contributed by atoms with Crippen molar-refractivity contribution in [2.45, 2.75) is 38.5 Å². The van der Waals surface area contributed by atoms with Crippen LogP contribution in [0.5, 0.6) is 11.8 Å². The third-order valence-corrected chi connectivity index (χ3v) is 6.68. The summed E-state index contributed by atoms with van der Waals surface area (Å²) in [5, 5.41) is 19.1. The molecule has 33 heavy (non-hydrogen) atoms. The highest BCUT2D eigenvalue weighted by atomic mass is 16.5. The van der Waals surface area contributed by atoms with Crippen molar-refractivity contribution < 1.29 is 19.7 Å². The number of aliphatic hydroxyl groups is 1. The van der Waals surface area contributed by atoms with E-state index in [4.69, 9.17) is 4.74 Å². The zero-order valence-electron chi connectivity index (χ0n) is 18.7. The minimum atomic E-state index is -0.989. The highest BCUT2D eigenvalue weighted by molar-refractivity contribution is 5.90. The van der Waals surface area contributed by atoms with Gasteiger partial charge in [-0.05, 0) is 78.3 Å². The summed E-state index contributed by atoms with van der Waals surface area (Å²) in [7, 11) is 0. The summed E-state index contributed by atoms with van der Waals surface area (Å²) in [6.07, 6.45) is 2.95. The third-order valence-electron chi connectivity index (χ3n) is 6.68. The quantitative estimate of drug-likeness (QED) is 0.345. The Labute approximate surface area is 191 Å². The molecule has 0 bridgehead atoms. The number of aliphatic hydroxyl groups excluding tert-OH is 1. The second-order valence-electron chi connectivity index (χ2n) is 8.82. The molecule has 1 fully saturated rings. The zero-order valence-corrected chi connectivity index (χ0v) is 18.7. The maximum atomic E-state index is 11.4. The number of nitrogens with zero attached hydrogens (tertiary/aromatic N) is 1. The Morgan fingerprint density at radius 2 is 1.88 bits per heavy atom. The van der Waals surface area contributed by atoms with Gasteiger partial charge in [-0.25, -0.2) is 4.79 Å². The van der Waals surface area contributed by atoms with Gasteiger partial charge in [0.15, 0.2) is 0 Å². The van der Waals surface area contributed by atoms with E-state index >= 15 is 0 Å². The van der Waals surface area contributed by atoms with Gasteiger partial charge in [-0.15, -0.1) is 0 Å². The molecule has 0 amide bonds. The molecule has 0 atom stereocenters. The second kappa shape index (κ2) is 8.05. The maximum absolute atomic E-state index is 11.4. The molecule has 0 aliphatic heterocycles. The molecule has 1 aliphatic carbocycles. The van der Waals surface area contributed by atoms with Crippen LogP contribution in [0.25, 0.3) is 22.2 Å². The Morgan fingerprint density at radius 3 is 2.52 bits per heavy atom. The number of aromatic amines is 1. The van der Waals surface area contributed by atoms with Crippen LogP contribution in [-0.4, -0.2) is 32.8 Å². The summed E-state index contributed by atoms with van der Waals surface area (Å²) in [5.74, 6) is -0.570. The predicted octanol–water partition coefficient (Wildman–Crippen LogP) is 5.62. The van der Waals surface area contributed by atoms with Crippen molar-refractivity contribution in [3.8, 4) is 22.9 Å². The Kier molecular flexibility index (Phi) is 5.17. The first-order chi connectivity index (χ1) is 15.9. The molecule has 0 unspecified atom stereocenters. The van der Waals surface area contributed by atoms with Crippen LogP contribution in [0.15, 0.2) is 54.6 Å². The van der Waals surface area contributed by atoms with Crippen molar-refractivity contribution in [3.63, 3.8) is 0 Å². The molecule has 3 aromatic carbocycles. The first kappa shape index (κ1) is 21.2. The first-order valence-corrected chi connectivity index (χ1v) is 11.2. The molecule has 4 aromatic rings. The van der Waals surface area contributed by atoms with Crippen LogP contribution in [0, 0.1) is 6.92 Å². The van der Waals surface area contributed by atoms with Crippen LogP contribution in [0.4, 0.5) is 0 Å². The number of nitrogens with one attached hydrogen (secondary N) is 1. The fraction of sp³-hybridized carbons (Fsp3) is 0.259. The number of carboxylic acid groups (broad SMARTS) is 1. The van der Waals surface area contributed by atoms with E-state index in [1.807, 2.05) is 0 Å². The number of hydrogen-bond donors (Lipinski definition) is 3. The SMILES string of the molecule is CCc1cc2[nH]c(Oc3ccc(C)c(C(=O)O)c3)nc2cc1-c1ccc(C2(CO)CC2)cc1. The summed E-state index contributed by atoms with van der Waals surface area (Å²) in [6, 6.07) is 17.9. The Morgan fingerprint density at radius 1 is 1.12 bits per heavy atom. The molecule has 1 aromatic heterocycles. The predicted molar refractivity (Wildman–Crippen MR) is 127 cm³/mol. The molecular formula is C27H26N2O4. The Balaban J connectivity index is 1.47. The van der Waals surface area contributed by atoms with E-state index in [2.05, 4.69) is 53.3 Å². The minimum absolute atomic E-state index is 0.0407. The lowest BCUT2D eigenvalue weighted by Gasteiger charge is -2.14. The number of benzene rings is 3. The van der Waals surface area contributed by atoms with Crippen molar-refractivity contribution in [3.05, 3.63) is 76.9 Å². The molecule has 1 aliphatic rings. The first-order valence-electron chi connectivity index (χ1n) is 11.2. The van der Waals surface area contributed by atoms with Crippen molar-refractivity contribution in [2.24, 2.45) is 0 Å². The molecule has 6 nitrogen and oxygen atoms in total. The van der Waals surface area contributed by atoms with Gasteiger partial charge in [0.2, 0.25) is 0 Å². The van der Waals surface area contributed by atoms with Crippen molar-refractivity contribution in [1.82, 2.24) is 9.97 Å². The number of carboxylic acids is 1. The van der Waals surface area contributed by atoms with E-state index in [9.17, 15) is 15.0 Å². The number of aromatic carboxylic acids is 1. The van der Waals surface area contributed by atoms with Crippen LogP contribution < -0.4 is 4.74 Å². The average Bonchev–Trinajstić information content (AvgIpc) is 3.53. The van der Waals surface area contributed by atoms with Gasteiger partial charge >= 0.3 is 5.97 Å². The van der Waals surface area contributed by atoms with Crippen LogP contribution >= 0.6 is 0 Å². The highest BCUT2D eigenvalue weighted by Crippen LogP contribution is 2.48. The van der Waals surface area contributed by atoms with Crippen LogP contribution in [0.3, 0.4) is 0 Å². The fourth-order valence-electron chi connectivity index (χ4n) is 4.39. The van der Waals surface area contributed by atoms with Gasteiger partial charge in [0.05, 0.1) is 23.2 Å². The van der Waals surface area contributed by atoms with Gasteiger partial charge in [0.1, 0.15) is 5.75 Å². The molecular weight excluding hydrogens is 416 g/mol. The summed E-state index contributed by atoms with van der Waals surface area (Å²) in [5.41, 5.74) is 7.10. The smallest absolute Gasteiger partial charge is 0.336 e. The standard InChI is InChI=1S/C27H26N2O4/c1-3-17-12-23-24(14-22(17)18-5-7-19(8-6-18)27(15-30)10-11-27)29-26(28-23)33-20-9-4-16(2)21(13-20)25(31)32/h4-9,12-14,30H,3,10-11,15H2,1-2H3,(H,28,29)(H,31,32). The second-order valence-corrected chi connectivity index (χ2v) is 8.82. The molecule has 1 saturated carbocycles. The van der Waals surface area contributed by atoms with Crippen molar-refractivity contribution in [1.29, 1.82) is 0 Å². The van der Waals surface area contributed by atoms with Crippen molar-refractivity contribution in [2.75, 3.05) is 6.61 Å². The van der Waals surface area contributed by atoms with Gasteiger partial charge in [0.25, 0.3) is 6.01 Å². The lowest BCUT2D eigenvalue weighted by Crippen LogP contribution is -2.11. The topological polar surface area (TPSA) is 95.4 Å². The molecule has 1 heterocycles. The van der Waals surface area contributed by atoms with Crippen LogP contribution in [-0.2, 0) is 11.8 Å². The highest BCUT2D eigenvalue weighted by Gasteiger charge is 2.43. The number of H-pyrrole nitrogens is 1. The maximum Gasteiger partial charge on any atom is 0.336 e. The van der Waals surface area contributed by atoms with Gasteiger partial charge < -0.3 is 19.9 Å². The number of aryl methyl sites for hydroxylation is 2. The molecule has 5 rings (SSSR count). The number of ether oxygens (including phenoxy) is 1. The third kappa shape index (κ3) is 3.87. The average molecular weight is 443 g/mol. The van der Waals surface area contributed by atoms with Gasteiger partial charge in [-0.1, -0.05) is 37.3 Å². The Hall–Kier alpha value is -3.64. The molecule has 0 radical (unpaired) electrons. The van der Waals surface area contributed by atoms with E-state index in [-0.39, 0.29) is 17.6 Å². The van der Waals surface area contributed by atoms with E-state index in [0.717, 1.165) is 41.4 Å². The number of imidazole rings is 1. The number of rotatable bonds is 7. The lowest BCUT2D eigenvalue weighted by molar-refractivity contribution is 0.0695. The number of fused-ring (bicyclic) bond motifs is 1. The van der Waals surface area contributed by atoms with Crippen molar-refractivity contribution >= 4 is 17.0 Å². The minimum Gasteiger partial charge on any atom is -0.478 e. The van der Waals surface area contributed by atoms with E-state index < -0.39 is 5.97 Å². The molecule has 168 valence electrons. The monoisotopic (exact) mass is 442 g/mol. The number of aromatic nitrogens is 2. The fourth-order valence-corrected chi connectivity index (χ4v) is 4.39. The van der Waals surface area contributed by atoms with E-state index in [1.165, 1.54) is 17.2 Å². The molecule has 6 heteroatoms. The lowest BCUT2D eigenvalue weighted by atomic mass is 9.92. The summed E-state index contributed by atoms with van der Waals surface area (Å²) >= 11 is 0. The molecule has 0 saturated heterocycles. The number of hydrogen-bond acceptors (Lipinski definition) is 4. The summed E-state index contributed by atoms with van der Waals surface area (Å²) in [4.78, 5) is 19.2. The van der Waals surface area contributed by atoms with Gasteiger partial charge in [-0.3, -0.25) is 0 Å². The van der Waals surface area contributed by atoms with E-state index in [1.54, 1.807) is 19.1 Å². The zero-order chi connectivity index (χ0) is 23.2.